The molecule has 0 spiro atoms. The molecule has 2 unspecified atom stereocenters. The van der Waals surface area contributed by atoms with Gasteiger partial charge in [-0.2, -0.15) is 0 Å². The number of rotatable bonds is 7. The van der Waals surface area contributed by atoms with Gasteiger partial charge in [0.05, 0.1) is 25.4 Å². The molecule has 2 aliphatic heterocycles. The molecule has 4 aromatic rings. The van der Waals surface area contributed by atoms with Crippen molar-refractivity contribution in [3.63, 3.8) is 0 Å². The monoisotopic (exact) mass is 583 g/mol. The molecule has 3 atom stereocenters. The topological polar surface area (TPSA) is 121 Å². The Labute approximate surface area is 249 Å². The molecule has 43 heavy (non-hydrogen) atoms. The number of hydrogen-bond acceptors (Lipinski definition) is 7. The summed E-state index contributed by atoms with van der Waals surface area (Å²) in [7, 11) is 3.05. The quantitative estimate of drug-likeness (QED) is 0.352. The Kier molecular flexibility index (Phi) is 6.15. The van der Waals surface area contributed by atoms with Gasteiger partial charge in [-0.25, -0.2) is 14.8 Å². The maximum Gasteiger partial charge on any atom is 0.409 e. The van der Waals surface area contributed by atoms with Crippen molar-refractivity contribution in [1.82, 2.24) is 28.9 Å². The van der Waals surface area contributed by atoms with Crippen LogP contribution >= 0.6 is 0 Å². The summed E-state index contributed by atoms with van der Waals surface area (Å²) in [5.41, 5.74) is 10.5. The number of pyridine rings is 1. The lowest BCUT2D eigenvalue weighted by molar-refractivity contribution is 0.0621. The summed E-state index contributed by atoms with van der Waals surface area (Å²) >= 11 is 0. The van der Waals surface area contributed by atoms with E-state index in [-0.39, 0.29) is 30.0 Å². The van der Waals surface area contributed by atoms with Crippen molar-refractivity contribution in [2.45, 2.75) is 50.9 Å². The van der Waals surface area contributed by atoms with Crippen LogP contribution < -0.4 is 10.5 Å². The van der Waals surface area contributed by atoms with Crippen molar-refractivity contribution in [2.75, 3.05) is 33.9 Å². The molecule has 2 aliphatic carbocycles. The molecule has 11 nitrogen and oxygen atoms in total. The number of nitrogens with zero attached hydrogens (tertiary/aromatic N) is 6. The van der Waals surface area contributed by atoms with Gasteiger partial charge in [0.25, 0.3) is 5.91 Å². The Bertz CT molecular complexity index is 1750. The lowest BCUT2D eigenvalue weighted by Crippen LogP contribution is -2.51. The molecule has 2 saturated carbocycles. The predicted molar refractivity (Wildman–Crippen MR) is 161 cm³/mol. The normalized spacial score (nSPS) is 23.4. The van der Waals surface area contributed by atoms with E-state index < -0.39 is 0 Å². The zero-order chi connectivity index (χ0) is 29.4. The molecule has 4 fully saturated rings. The average Bonchev–Trinajstić information content (AvgIpc) is 3.36. The van der Waals surface area contributed by atoms with E-state index in [0.29, 0.717) is 54.8 Å². The molecule has 1 aromatic carbocycles. The first-order valence-corrected chi connectivity index (χ1v) is 15.4. The van der Waals surface area contributed by atoms with Crippen LogP contribution in [0, 0.1) is 17.8 Å². The number of fused-ring (bicyclic) bond motifs is 4. The lowest BCUT2D eigenvalue weighted by Gasteiger charge is -2.38. The molecule has 8 rings (SSSR count). The molecule has 2 amide bonds. The molecule has 2 bridgehead atoms. The smallest absolute Gasteiger partial charge is 0.409 e. The highest BCUT2D eigenvalue weighted by Gasteiger charge is 2.47. The standard InChI is InChI=1S/C32H37N7O4/c1-42-26-12-22(31(40)38-17-21-7-8-24(38)27(21)33)10-23-28(26)39(16-19-13-36(14-19)32(41)43-2)30(35-23)25-11-20-4-3-9-34-29(20)37(25)15-18-5-6-18/h3-4,9-12,18-19,21,24,27H,5-8,13-17,33H2,1-2H3/t21?,24?,27-/m1/s1. The highest BCUT2D eigenvalue weighted by molar-refractivity contribution is 6.00. The number of piperidine rings is 1. The van der Waals surface area contributed by atoms with Gasteiger partial charge in [0.1, 0.15) is 16.9 Å². The summed E-state index contributed by atoms with van der Waals surface area (Å²) in [4.78, 5) is 39.5. The molecule has 224 valence electrons. The molecule has 11 heteroatoms. The number of carbonyl (C=O) groups is 2. The zero-order valence-corrected chi connectivity index (χ0v) is 24.6. The Hall–Kier alpha value is -4.12. The summed E-state index contributed by atoms with van der Waals surface area (Å²) in [6, 6.07) is 10.1. The molecule has 2 N–H and O–H groups in total. The minimum atomic E-state index is -0.307. The Morgan fingerprint density at radius 2 is 1.81 bits per heavy atom. The molecular formula is C32H37N7O4. The molecule has 3 aromatic heterocycles. The van der Waals surface area contributed by atoms with E-state index in [2.05, 4.69) is 21.3 Å². The maximum absolute atomic E-state index is 13.8. The minimum absolute atomic E-state index is 0.0151. The minimum Gasteiger partial charge on any atom is -0.494 e. The SMILES string of the molecule is COC(=O)N1CC(Cn2c(-c3cc4cccnc4n3CC3CC3)nc3cc(C(=O)N4CC5CCC4[C@@H]5N)cc(OC)c32)C1. The Morgan fingerprint density at radius 1 is 1.00 bits per heavy atom. The van der Waals surface area contributed by atoms with Gasteiger partial charge >= 0.3 is 6.09 Å². The number of amides is 2. The number of ether oxygens (including phenoxy) is 2. The zero-order valence-electron chi connectivity index (χ0n) is 24.6. The molecule has 4 aliphatic rings. The van der Waals surface area contributed by atoms with E-state index in [1.54, 1.807) is 12.0 Å². The number of hydrogen-bond donors (Lipinski definition) is 1. The van der Waals surface area contributed by atoms with Crippen LogP contribution in [0.1, 0.15) is 36.0 Å². The van der Waals surface area contributed by atoms with E-state index in [1.165, 1.54) is 20.0 Å². The summed E-state index contributed by atoms with van der Waals surface area (Å²) < 4.78 is 15.4. The van der Waals surface area contributed by atoms with Crippen molar-refractivity contribution in [2.24, 2.45) is 23.5 Å². The maximum atomic E-state index is 13.8. The van der Waals surface area contributed by atoms with Crippen LogP contribution in [0.4, 0.5) is 4.79 Å². The third kappa shape index (κ3) is 4.27. The second-order valence-electron chi connectivity index (χ2n) is 12.8. The van der Waals surface area contributed by atoms with Gasteiger partial charge in [0, 0.05) is 67.9 Å². The number of aromatic nitrogens is 4. The average molecular weight is 584 g/mol. The molecular weight excluding hydrogens is 546 g/mol. The summed E-state index contributed by atoms with van der Waals surface area (Å²) in [6.07, 6.45) is 6.01. The van der Waals surface area contributed by atoms with Crippen LogP contribution in [0.25, 0.3) is 33.6 Å². The van der Waals surface area contributed by atoms with Gasteiger partial charge in [-0.1, -0.05) is 0 Å². The number of methoxy groups -OCH3 is 2. The van der Waals surface area contributed by atoms with E-state index in [1.807, 2.05) is 29.3 Å². The largest absolute Gasteiger partial charge is 0.494 e. The second kappa shape index (κ2) is 9.97. The highest BCUT2D eigenvalue weighted by Crippen LogP contribution is 2.41. The van der Waals surface area contributed by atoms with E-state index in [9.17, 15) is 9.59 Å². The first-order valence-electron chi connectivity index (χ1n) is 15.4. The molecule has 2 saturated heterocycles. The second-order valence-corrected chi connectivity index (χ2v) is 12.8. The van der Waals surface area contributed by atoms with Crippen LogP contribution in [-0.2, 0) is 17.8 Å². The fraction of sp³-hybridized carbons (Fsp3) is 0.500. The Morgan fingerprint density at radius 3 is 2.51 bits per heavy atom. The number of carbonyl (C=O) groups excluding carboxylic acids is 2. The van der Waals surface area contributed by atoms with Crippen LogP contribution in [0.15, 0.2) is 36.5 Å². The summed E-state index contributed by atoms with van der Waals surface area (Å²) in [5.74, 6) is 2.64. The lowest BCUT2D eigenvalue weighted by atomic mass is 10.0. The van der Waals surface area contributed by atoms with E-state index in [4.69, 9.17) is 25.2 Å². The van der Waals surface area contributed by atoms with Crippen LogP contribution in [0.5, 0.6) is 5.75 Å². The first kappa shape index (κ1) is 26.5. The fourth-order valence-electron chi connectivity index (χ4n) is 7.57. The van der Waals surface area contributed by atoms with Crippen molar-refractivity contribution in [3.8, 4) is 17.3 Å². The van der Waals surface area contributed by atoms with Gasteiger partial charge in [0.2, 0.25) is 0 Å². The first-order chi connectivity index (χ1) is 20.9. The van der Waals surface area contributed by atoms with Crippen LogP contribution in [0.2, 0.25) is 0 Å². The molecule has 0 radical (unpaired) electrons. The van der Waals surface area contributed by atoms with Crippen molar-refractivity contribution in [3.05, 3.63) is 42.1 Å². The predicted octanol–water partition coefficient (Wildman–Crippen LogP) is 3.73. The number of nitrogens with two attached hydrogens (primary N) is 1. The number of imidazole rings is 1. The third-order valence-corrected chi connectivity index (χ3v) is 10.0. The van der Waals surface area contributed by atoms with Crippen molar-refractivity contribution < 1.29 is 19.1 Å². The van der Waals surface area contributed by atoms with Gasteiger partial charge in [0.15, 0.2) is 5.82 Å². The number of likely N-dealkylation sites (tertiary alicyclic amines) is 2. The summed E-state index contributed by atoms with van der Waals surface area (Å²) in [5, 5.41) is 1.07. The van der Waals surface area contributed by atoms with Crippen molar-refractivity contribution in [1.29, 1.82) is 0 Å². The van der Waals surface area contributed by atoms with Crippen molar-refractivity contribution >= 4 is 34.1 Å². The highest BCUT2D eigenvalue weighted by atomic mass is 16.5. The van der Waals surface area contributed by atoms with Crippen LogP contribution in [0.3, 0.4) is 0 Å². The van der Waals surface area contributed by atoms with Gasteiger partial charge in [-0.05, 0) is 67.9 Å². The summed E-state index contributed by atoms with van der Waals surface area (Å²) in [6.45, 7) is 3.45. The third-order valence-electron chi connectivity index (χ3n) is 10.0. The van der Waals surface area contributed by atoms with E-state index >= 15 is 0 Å². The van der Waals surface area contributed by atoms with Crippen LogP contribution in [-0.4, -0.2) is 86.8 Å². The fourth-order valence-corrected chi connectivity index (χ4v) is 7.57. The van der Waals surface area contributed by atoms with Gasteiger partial charge in [-0.3, -0.25) is 4.79 Å². The molecule has 5 heterocycles. The Balaban J connectivity index is 1.25. The van der Waals surface area contributed by atoms with Gasteiger partial charge in [-0.15, -0.1) is 0 Å². The van der Waals surface area contributed by atoms with Gasteiger partial charge < -0.3 is 34.1 Å². The van der Waals surface area contributed by atoms with E-state index in [0.717, 1.165) is 47.5 Å². The number of benzene rings is 1.